The Morgan fingerprint density at radius 3 is 1.61 bits per heavy atom. The summed E-state index contributed by atoms with van der Waals surface area (Å²) in [6.07, 6.45) is 6.86. The Balaban J connectivity index is 1.02. The number of nitrogens with zero attached hydrogens (tertiary/aromatic N) is 3. The van der Waals surface area contributed by atoms with E-state index in [1.165, 1.54) is 126 Å². The van der Waals surface area contributed by atoms with E-state index in [1.54, 1.807) is 11.1 Å². The molecule has 4 saturated carbocycles. The van der Waals surface area contributed by atoms with Gasteiger partial charge in [-0.3, -0.25) is 0 Å². The summed E-state index contributed by atoms with van der Waals surface area (Å²) in [7, 11) is 0. The lowest BCUT2D eigenvalue weighted by Gasteiger charge is -2.61. The average Bonchev–Trinajstić information content (AvgIpc) is 4.14. The summed E-state index contributed by atoms with van der Waals surface area (Å²) in [6, 6.07) is 81.0. The van der Waals surface area contributed by atoms with E-state index in [0.29, 0.717) is 11.8 Å². The van der Waals surface area contributed by atoms with Gasteiger partial charge in [0.25, 0.3) is 0 Å². The van der Waals surface area contributed by atoms with Crippen LogP contribution in [0.3, 0.4) is 0 Å². The molecule has 0 amide bonds. The topological polar surface area (TPSA) is 11.4 Å². The molecule has 368 valence electrons. The minimum Gasteiger partial charge on any atom is -0.310 e. The van der Waals surface area contributed by atoms with E-state index in [1.807, 2.05) is 0 Å². The molecule has 3 nitrogen and oxygen atoms in total. The highest BCUT2D eigenvalue weighted by Crippen LogP contribution is 2.70. The molecule has 4 bridgehead atoms. The van der Waals surface area contributed by atoms with Crippen LogP contribution in [-0.4, -0.2) is 4.57 Å². The number of aromatic nitrogens is 1. The fourth-order valence-electron chi connectivity index (χ4n) is 16.4. The normalized spacial score (nSPS) is 20.4. The standard InChI is InChI=1S/C73H61N3/c1-45-37-67(74(50-19-7-5-8-20-50)51-21-9-6-10-22-51)59-36-34-58-63(72(2,3)4)44-68(60-35-33-54(45)69(59)70(58)60)76(53-24-17-23-52(43-53)75-64-30-15-12-25-55(64)56-26-13-16-31-65(56)75)66-32-18-29-62-71(66)57-27-11-14-28-61(57)73(62)48-39-46-38-47(41-48)42-49(73)40-46/h5-37,43-44,46-49H,38-42H2,1-4H3. The van der Waals surface area contributed by atoms with Crippen molar-refractivity contribution in [3.05, 3.63) is 235 Å². The van der Waals surface area contributed by atoms with Gasteiger partial charge in [0.1, 0.15) is 0 Å². The van der Waals surface area contributed by atoms with Gasteiger partial charge in [-0.15, -0.1) is 0 Å². The van der Waals surface area contributed by atoms with Crippen molar-refractivity contribution in [1.29, 1.82) is 0 Å². The fraction of sp³-hybridized carbons (Fsp3) is 0.205. The lowest BCUT2D eigenvalue weighted by Crippen LogP contribution is -2.55. The van der Waals surface area contributed by atoms with E-state index >= 15 is 0 Å². The molecular formula is C73H61N3. The SMILES string of the molecule is Cc1cc(N(c2ccccc2)c2ccccc2)c2ccc3c(C(C)(C)C)cc(N(c4cccc(-n5c6ccccc6c6ccccc65)c4)c4cccc5c4-c4ccccc4C54C5CC6CC(C5)CC4C6)c4ccc1c2c43. The van der Waals surface area contributed by atoms with Crippen LogP contribution in [0.1, 0.15) is 75.1 Å². The summed E-state index contributed by atoms with van der Waals surface area (Å²) in [5.74, 6) is 3.08. The van der Waals surface area contributed by atoms with Gasteiger partial charge in [-0.05, 0) is 190 Å². The average molecular weight is 980 g/mol. The Morgan fingerprint density at radius 1 is 0.421 bits per heavy atom. The Morgan fingerprint density at radius 2 is 0.947 bits per heavy atom. The maximum Gasteiger partial charge on any atom is 0.0543 e. The van der Waals surface area contributed by atoms with Crippen LogP contribution in [0.5, 0.6) is 0 Å². The number of fused-ring (bicyclic) bond motifs is 6. The Labute approximate surface area is 446 Å². The zero-order valence-electron chi connectivity index (χ0n) is 43.9. The van der Waals surface area contributed by atoms with Crippen molar-refractivity contribution in [2.45, 2.75) is 70.6 Å². The molecule has 0 aliphatic heterocycles. The Hall–Kier alpha value is -8.14. The van der Waals surface area contributed by atoms with Crippen molar-refractivity contribution in [2.75, 3.05) is 9.80 Å². The number of rotatable bonds is 7. The molecule has 1 aromatic heterocycles. The first kappa shape index (κ1) is 44.2. The smallest absolute Gasteiger partial charge is 0.0543 e. The summed E-state index contributed by atoms with van der Waals surface area (Å²) in [4.78, 5) is 5.17. The Bertz CT molecular complexity index is 4190. The summed E-state index contributed by atoms with van der Waals surface area (Å²) in [5, 5.41) is 10.3. The van der Waals surface area contributed by atoms with Gasteiger partial charge in [0.2, 0.25) is 0 Å². The third-order valence-electron chi connectivity index (χ3n) is 19.1. The van der Waals surface area contributed by atoms with Gasteiger partial charge in [-0.25, -0.2) is 0 Å². The van der Waals surface area contributed by atoms with Gasteiger partial charge in [0, 0.05) is 55.3 Å². The van der Waals surface area contributed by atoms with Gasteiger partial charge < -0.3 is 14.4 Å². The van der Waals surface area contributed by atoms with Crippen molar-refractivity contribution >= 4 is 88.2 Å². The zero-order chi connectivity index (χ0) is 50.6. The largest absolute Gasteiger partial charge is 0.310 e. The molecule has 0 radical (unpaired) electrons. The highest BCUT2D eigenvalue weighted by atomic mass is 15.2. The maximum absolute atomic E-state index is 2.71. The van der Waals surface area contributed by atoms with Gasteiger partial charge in [-0.1, -0.05) is 160 Å². The first-order valence-electron chi connectivity index (χ1n) is 28.0. The van der Waals surface area contributed by atoms with Crippen molar-refractivity contribution in [1.82, 2.24) is 4.57 Å². The van der Waals surface area contributed by atoms with Gasteiger partial charge >= 0.3 is 0 Å². The minimum atomic E-state index is -0.179. The van der Waals surface area contributed by atoms with Gasteiger partial charge in [-0.2, -0.15) is 0 Å². The molecule has 76 heavy (non-hydrogen) atoms. The number of anilines is 6. The lowest BCUT2D eigenvalue weighted by molar-refractivity contribution is -0.0399. The number of para-hydroxylation sites is 4. The third kappa shape index (κ3) is 6.11. The molecular weight excluding hydrogens is 919 g/mol. The van der Waals surface area contributed by atoms with E-state index in [-0.39, 0.29) is 10.8 Å². The summed E-state index contributed by atoms with van der Waals surface area (Å²) >= 11 is 0. The molecule has 4 fully saturated rings. The van der Waals surface area contributed by atoms with E-state index in [0.717, 1.165) is 34.6 Å². The monoisotopic (exact) mass is 979 g/mol. The summed E-state index contributed by atoms with van der Waals surface area (Å²) in [6.45, 7) is 9.54. The van der Waals surface area contributed by atoms with Crippen molar-refractivity contribution in [2.24, 2.45) is 23.7 Å². The predicted octanol–water partition coefficient (Wildman–Crippen LogP) is 19.9. The van der Waals surface area contributed by atoms with Crippen LogP contribution in [-0.2, 0) is 10.8 Å². The van der Waals surface area contributed by atoms with Crippen LogP contribution in [0.4, 0.5) is 34.1 Å². The summed E-state index contributed by atoms with van der Waals surface area (Å²) < 4.78 is 2.49. The molecule has 5 aliphatic carbocycles. The molecule has 11 aromatic carbocycles. The van der Waals surface area contributed by atoms with E-state index in [4.69, 9.17) is 0 Å². The fourth-order valence-corrected chi connectivity index (χ4v) is 16.4. The van der Waals surface area contributed by atoms with Crippen LogP contribution in [0.15, 0.2) is 212 Å². The molecule has 3 heteroatoms. The van der Waals surface area contributed by atoms with Crippen LogP contribution >= 0.6 is 0 Å². The quantitative estimate of drug-likeness (QED) is 0.147. The number of benzene rings is 11. The van der Waals surface area contributed by atoms with Crippen LogP contribution in [0, 0.1) is 30.6 Å². The van der Waals surface area contributed by atoms with Crippen molar-refractivity contribution < 1.29 is 0 Å². The summed E-state index contributed by atoms with van der Waals surface area (Å²) in [5.41, 5.74) is 19.2. The lowest BCUT2D eigenvalue weighted by atomic mass is 9.43. The first-order chi connectivity index (χ1) is 37.2. The van der Waals surface area contributed by atoms with Crippen molar-refractivity contribution in [3.8, 4) is 16.8 Å². The number of aryl methyl sites for hydroxylation is 1. The second-order valence-corrected chi connectivity index (χ2v) is 24.1. The second-order valence-electron chi connectivity index (χ2n) is 24.1. The predicted molar refractivity (Wildman–Crippen MR) is 321 cm³/mol. The molecule has 0 saturated heterocycles. The minimum absolute atomic E-state index is 0.0301. The van der Waals surface area contributed by atoms with E-state index < -0.39 is 0 Å². The van der Waals surface area contributed by atoms with Crippen LogP contribution in [0.25, 0.3) is 70.9 Å². The van der Waals surface area contributed by atoms with Gasteiger partial charge in [0.05, 0.1) is 28.1 Å². The molecule has 17 rings (SSSR count). The first-order valence-corrected chi connectivity index (χ1v) is 28.0. The second kappa shape index (κ2) is 16.2. The highest BCUT2D eigenvalue weighted by Gasteiger charge is 2.62. The molecule has 12 aromatic rings. The molecule has 1 heterocycles. The van der Waals surface area contributed by atoms with Gasteiger partial charge in [0.15, 0.2) is 0 Å². The maximum atomic E-state index is 2.71. The molecule has 0 unspecified atom stereocenters. The third-order valence-corrected chi connectivity index (χ3v) is 19.1. The highest BCUT2D eigenvalue weighted by molar-refractivity contribution is 6.29. The number of hydrogen-bond acceptors (Lipinski definition) is 2. The molecule has 0 N–H and O–H groups in total. The van der Waals surface area contributed by atoms with Crippen LogP contribution < -0.4 is 9.80 Å². The molecule has 5 aliphatic rings. The Kier molecular flexibility index (Phi) is 9.41. The van der Waals surface area contributed by atoms with E-state index in [2.05, 4.69) is 254 Å². The number of hydrogen-bond donors (Lipinski definition) is 0. The zero-order valence-corrected chi connectivity index (χ0v) is 43.9. The molecule has 1 spiro atoms. The van der Waals surface area contributed by atoms with Crippen LogP contribution in [0.2, 0.25) is 0 Å². The van der Waals surface area contributed by atoms with E-state index in [9.17, 15) is 0 Å². The molecule has 0 atom stereocenters. The van der Waals surface area contributed by atoms with Crippen molar-refractivity contribution in [3.63, 3.8) is 0 Å².